The van der Waals surface area contributed by atoms with Gasteiger partial charge in [0.2, 0.25) is 11.8 Å². The molecule has 0 aromatic carbocycles. The van der Waals surface area contributed by atoms with Gasteiger partial charge in [-0.05, 0) is 13.0 Å². The third-order valence-corrected chi connectivity index (χ3v) is 3.98. The molecule has 0 bridgehead atoms. The number of hydrogen-bond donors (Lipinski definition) is 1. The van der Waals surface area contributed by atoms with Gasteiger partial charge in [0.1, 0.15) is 5.76 Å². The lowest BCUT2D eigenvalue weighted by Gasteiger charge is -2.26. The Balaban J connectivity index is 1.38. The molecule has 0 spiro atoms. The van der Waals surface area contributed by atoms with Gasteiger partial charge in [-0.15, -0.1) is 10.2 Å². The van der Waals surface area contributed by atoms with Gasteiger partial charge in [-0.1, -0.05) is 0 Å². The molecule has 1 fully saturated rings. The standard InChI is InChI=1S/C16H22N4O4/c1-12-13(4-9-23-12)16-19-18-15(24-16)3-2-14(21)17-5-6-20-7-10-22-11-8-20/h4,9H,2-3,5-8,10-11H2,1H3,(H,17,21). The zero-order valence-electron chi connectivity index (χ0n) is 13.8. The van der Waals surface area contributed by atoms with Crippen LogP contribution >= 0.6 is 0 Å². The predicted molar refractivity (Wildman–Crippen MR) is 85.3 cm³/mol. The van der Waals surface area contributed by atoms with E-state index >= 15 is 0 Å². The predicted octanol–water partition coefficient (Wildman–Crippen LogP) is 1.02. The van der Waals surface area contributed by atoms with Crippen LogP contribution in [0.5, 0.6) is 0 Å². The number of nitrogens with one attached hydrogen (secondary N) is 1. The second-order valence-electron chi connectivity index (χ2n) is 5.70. The first-order valence-corrected chi connectivity index (χ1v) is 8.16. The quantitative estimate of drug-likeness (QED) is 0.808. The van der Waals surface area contributed by atoms with Gasteiger partial charge >= 0.3 is 0 Å². The van der Waals surface area contributed by atoms with Crippen molar-refractivity contribution in [3.8, 4) is 11.5 Å². The SMILES string of the molecule is Cc1occc1-c1nnc(CCC(=O)NCCN2CCOCC2)o1. The van der Waals surface area contributed by atoms with E-state index in [-0.39, 0.29) is 5.91 Å². The first kappa shape index (κ1) is 16.7. The second-order valence-corrected chi connectivity index (χ2v) is 5.70. The van der Waals surface area contributed by atoms with E-state index < -0.39 is 0 Å². The minimum atomic E-state index is -0.0116. The molecule has 1 saturated heterocycles. The molecule has 1 aliphatic heterocycles. The molecule has 130 valence electrons. The average molecular weight is 334 g/mol. The minimum Gasteiger partial charge on any atom is -0.469 e. The summed E-state index contributed by atoms with van der Waals surface area (Å²) in [4.78, 5) is 14.2. The number of aryl methyl sites for hydroxylation is 2. The number of morpholine rings is 1. The van der Waals surface area contributed by atoms with Crippen LogP contribution in [0.15, 0.2) is 21.2 Å². The van der Waals surface area contributed by atoms with Crippen LogP contribution < -0.4 is 5.32 Å². The van der Waals surface area contributed by atoms with Gasteiger partial charge in [-0.2, -0.15) is 0 Å². The van der Waals surface area contributed by atoms with Gasteiger partial charge in [-0.3, -0.25) is 9.69 Å². The molecule has 1 N–H and O–H groups in total. The van der Waals surface area contributed by atoms with Gasteiger partial charge < -0.3 is 18.9 Å². The lowest BCUT2D eigenvalue weighted by molar-refractivity contribution is -0.121. The van der Waals surface area contributed by atoms with E-state index in [4.69, 9.17) is 13.6 Å². The van der Waals surface area contributed by atoms with E-state index in [1.807, 2.05) is 6.92 Å². The van der Waals surface area contributed by atoms with Crippen molar-refractivity contribution >= 4 is 5.91 Å². The Labute approximate surface area is 140 Å². The summed E-state index contributed by atoms with van der Waals surface area (Å²) in [5, 5.41) is 10.9. The van der Waals surface area contributed by atoms with Crippen molar-refractivity contribution in [2.45, 2.75) is 19.8 Å². The summed E-state index contributed by atoms with van der Waals surface area (Å²) in [6, 6.07) is 1.78. The highest BCUT2D eigenvalue weighted by atomic mass is 16.5. The van der Waals surface area contributed by atoms with E-state index in [1.54, 1.807) is 12.3 Å². The molecule has 0 atom stereocenters. The molecule has 3 heterocycles. The average Bonchev–Trinajstić information content (AvgIpc) is 3.22. The summed E-state index contributed by atoms with van der Waals surface area (Å²) in [7, 11) is 0. The molecule has 0 aliphatic carbocycles. The van der Waals surface area contributed by atoms with Crippen molar-refractivity contribution in [3.63, 3.8) is 0 Å². The zero-order chi connectivity index (χ0) is 16.8. The molecule has 0 saturated carbocycles. The van der Waals surface area contributed by atoms with Crippen molar-refractivity contribution in [2.75, 3.05) is 39.4 Å². The maximum atomic E-state index is 11.9. The molecule has 2 aromatic rings. The Morgan fingerprint density at radius 1 is 1.33 bits per heavy atom. The van der Waals surface area contributed by atoms with Crippen molar-refractivity contribution < 1.29 is 18.4 Å². The topological polar surface area (TPSA) is 93.6 Å². The summed E-state index contributed by atoms with van der Waals surface area (Å²) in [5.41, 5.74) is 0.781. The van der Waals surface area contributed by atoms with Crippen LogP contribution in [-0.2, 0) is 16.0 Å². The van der Waals surface area contributed by atoms with E-state index in [1.165, 1.54) is 0 Å². The first-order chi connectivity index (χ1) is 11.7. The maximum absolute atomic E-state index is 11.9. The fraction of sp³-hybridized carbons (Fsp3) is 0.562. The highest BCUT2D eigenvalue weighted by Gasteiger charge is 2.14. The summed E-state index contributed by atoms with van der Waals surface area (Å²) in [6.45, 7) is 6.71. The van der Waals surface area contributed by atoms with Gasteiger partial charge in [-0.25, -0.2) is 0 Å². The Bertz CT molecular complexity index is 661. The molecule has 1 amide bonds. The molecule has 3 rings (SSSR count). The number of amides is 1. The lowest BCUT2D eigenvalue weighted by Crippen LogP contribution is -2.41. The largest absolute Gasteiger partial charge is 0.469 e. The van der Waals surface area contributed by atoms with Gasteiger partial charge in [0.15, 0.2) is 0 Å². The Morgan fingerprint density at radius 3 is 2.92 bits per heavy atom. The third-order valence-electron chi connectivity index (χ3n) is 3.98. The Morgan fingerprint density at radius 2 is 2.17 bits per heavy atom. The molecular weight excluding hydrogens is 312 g/mol. The molecule has 1 aliphatic rings. The number of ether oxygens (including phenoxy) is 1. The third kappa shape index (κ3) is 4.42. The van der Waals surface area contributed by atoms with Gasteiger partial charge in [0.25, 0.3) is 5.89 Å². The molecule has 2 aromatic heterocycles. The molecule has 0 radical (unpaired) electrons. The number of aromatic nitrogens is 2. The number of rotatable bonds is 7. The Hall–Kier alpha value is -2.19. The van der Waals surface area contributed by atoms with Crippen LogP contribution in [0, 0.1) is 6.92 Å². The fourth-order valence-corrected chi connectivity index (χ4v) is 2.56. The Kier molecular flexibility index (Phi) is 5.60. The normalized spacial score (nSPS) is 15.5. The van der Waals surface area contributed by atoms with Crippen molar-refractivity contribution in [1.29, 1.82) is 0 Å². The number of furan rings is 1. The monoisotopic (exact) mass is 334 g/mol. The molecule has 8 nitrogen and oxygen atoms in total. The van der Waals surface area contributed by atoms with Crippen molar-refractivity contribution in [3.05, 3.63) is 24.0 Å². The molecule has 0 unspecified atom stereocenters. The number of carbonyl (C=O) groups is 1. The van der Waals surface area contributed by atoms with E-state index in [0.29, 0.717) is 31.2 Å². The molecule has 24 heavy (non-hydrogen) atoms. The smallest absolute Gasteiger partial charge is 0.251 e. The van der Waals surface area contributed by atoms with Crippen LogP contribution in [0.3, 0.4) is 0 Å². The van der Waals surface area contributed by atoms with Gasteiger partial charge in [0.05, 0.1) is 25.0 Å². The van der Waals surface area contributed by atoms with E-state index in [9.17, 15) is 4.79 Å². The van der Waals surface area contributed by atoms with E-state index in [0.717, 1.165) is 44.2 Å². The van der Waals surface area contributed by atoms with Crippen LogP contribution in [0.4, 0.5) is 0 Å². The summed E-state index contributed by atoms with van der Waals surface area (Å²) in [6.07, 6.45) is 2.33. The van der Waals surface area contributed by atoms with Crippen LogP contribution in [0.2, 0.25) is 0 Å². The van der Waals surface area contributed by atoms with Crippen molar-refractivity contribution in [1.82, 2.24) is 20.4 Å². The van der Waals surface area contributed by atoms with E-state index in [2.05, 4.69) is 20.4 Å². The maximum Gasteiger partial charge on any atom is 0.251 e. The molecular formula is C16H22N4O4. The van der Waals surface area contributed by atoms with Crippen LogP contribution in [0.1, 0.15) is 18.1 Å². The first-order valence-electron chi connectivity index (χ1n) is 8.16. The summed E-state index contributed by atoms with van der Waals surface area (Å²) in [5.74, 6) is 1.59. The number of nitrogens with zero attached hydrogens (tertiary/aromatic N) is 3. The van der Waals surface area contributed by atoms with Crippen LogP contribution in [0.25, 0.3) is 11.5 Å². The zero-order valence-corrected chi connectivity index (χ0v) is 13.8. The second kappa shape index (κ2) is 8.07. The van der Waals surface area contributed by atoms with Crippen LogP contribution in [-0.4, -0.2) is 60.4 Å². The summed E-state index contributed by atoms with van der Waals surface area (Å²) < 4.78 is 16.1. The number of hydrogen-bond acceptors (Lipinski definition) is 7. The van der Waals surface area contributed by atoms with Gasteiger partial charge in [0, 0.05) is 39.0 Å². The fourth-order valence-electron chi connectivity index (χ4n) is 2.56. The lowest BCUT2D eigenvalue weighted by atomic mass is 10.2. The molecule has 8 heteroatoms. The number of carbonyl (C=O) groups excluding carboxylic acids is 1. The highest BCUT2D eigenvalue weighted by Crippen LogP contribution is 2.22. The van der Waals surface area contributed by atoms with Crippen molar-refractivity contribution in [2.24, 2.45) is 0 Å². The summed E-state index contributed by atoms with van der Waals surface area (Å²) >= 11 is 0. The minimum absolute atomic E-state index is 0.0116. The highest BCUT2D eigenvalue weighted by molar-refractivity contribution is 5.76.